The largest absolute Gasteiger partial charge is 0.481 e. The van der Waals surface area contributed by atoms with E-state index < -0.39 is 5.97 Å². The number of aliphatic carboxylic acids is 1. The Balaban J connectivity index is 1.95. The first kappa shape index (κ1) is 9.49. The van der Waals surface area contributed by atoms with E-state index in [1.807, 2.05) is 0 Å². The second-order valence-corrected chi connectivity index (χ2v) is 4.20. The number of rotatable bonds is 3. The summed E-state index contributed by atoms with van der Waals surface area (Å²) in [5.41, 5.74) is 0. The summed E-state index contributed by atoms with van der Waals surface area (Å²) in [6, 6.07) is -0.0411. The Kier molecular flexibility index (Phi) is 2.44. The van der Waals surface area contributed by atoms with Crippen LogP contribution in [0, 0.1) is 5.92 Å². The van der Waals surface area contributed by atoms with Crippen molar-refractivity contribution < 1.29 is 14.7 Å². The van der Waals surface area contributed by atoms with Gasteiger partial charge in [0.15, 0.2) is 0 Å². The van der Waals surface area contributed by atoms with Gasteiger partial charge in [0, 0.05) is 18.5 Å². The van der Waals surface area contributed by atoms with Gasteiger partial charge in [-0.3, -0.25) is 9.59 Å². The maximum atomic E-state index is 11.7. The molecule has 2 aliphatic rings. The van der Waals surface area contributed by atoms with Crippen molar-refractivity contribution in [2.75, 3.05) is 6.54 Å². The van der Waals surface area contributed by atoms with Gasteiger partial charge in [0.1, 0.15) is 0 Å². The number of carboxylic acid groups (broad SMARTS) is 1. The topological polar surface area (TPSA) is 57.6 Å². The van der Waals surface area contributed by atoms with Crippen LogP contribution in [0.4, 0.5) is 0 Å². The van der Waals surface area contributed by atoms with Crippen molar-refractivity contribution in [3.8, 4) is 0 Å². The van der Waals surface area contributed by atoms with Crippen LogP contribution in [0.15, 0.2) is 0 Å². The molecule has 0 spiro atoms. The summed E-state index contributed by atoms with van der Waals surface area (Å²) in [7, 11) is 0. The van der Waals surface area contributed by atoms with Crippen molar-refractivity contribution >= 4 is 11.9 Å². The molecule has 1 aliphatic carbocycles. The van der Waals surface area contributed by atoms with Gasteiger partial charge in [-0.25, -0.2) is 0 Å². The van der Waals surface area contributed by atoms with Gasteiger partial charge in [-0.05, 0) is 25.7 Å². The van der Waals surface area contributed by atoms with E-state index in [2.05, 4.69) is 0 Å². The molecule has 1 N–H and O–H groups in total. The average molecular weight is 197 g/mol. The number of carbonyl (C=O) groups excluding carboxylic acids is 1. The first-order valence-electron chi connectivity index (χ1n) is 5.21. The van der Waals surface area contributed by atoms with E-state index in [-0.39, 0.29) is 24.3 Å². The average Bonchev–Trinajstić information content (AvgIpc) is 2.86. The molecule has 1 unspecified atom stereocenters. The molecule has 2 fully saturated rings. The molecule has 0 aromatic rings. The van der Waals surface area contributed by atoms with E-state index in [4.69, 9.17) is 5.11 Å². The molecule has 78 valence electrons. The SMILES string of the molecule is O=C(O)CC1CCCN1C(=O)C1CC1. The third-order valence-corrected chi connectivity index (χ3v) is 3.00. The zero-order valence-electron chi connectivity index (χ0n) is 8.11. The fourth-order valence-electron chi connectivity index (χ4n) is 2.10. The fraction of sp³-hybridized carbons (Fsp3) is 0.800. The van der Waals surface area contributed by atoms with Crippen LogP contribution < -0.4 is 0 Å². The lowest BCUT2D eigenvalue weighted by Crippen LogP contribution is -2.37. The Hall–Kier alpha value is -1.06. The monoisotopic (exact) mass is 197 g/mol. The van der Waals surface area contributed by atoms with Crippen molar-refractivity contribution in [3.63, 3.8) is 0 Å². The minimum atomic E-state index is -0.800. The number of likely N-dealkylation sites (tertiary alicyclic amines) is 1. The van der Waals surface area contributed by atoms with E-state index in [1.165, 1.54) is 0 Å². The summed E-state index contributed by atoms with van der Waals surface area (Å²) in [6.45, 7) is 0.757. The van der Waals surface area contributed by atoms with Crippen molar-refractivity contribution in [1.82, 2.24) is 4.90 Å². The number of hydrogen-bond acceptors (Lipinski definition) is 2. The van der Waals surface area contributed by atoms with Crippen LogP contribution in [0.1, 0.15) is 32.1 Å². The lowest BCUT2D eigenvalue weighted by Gasteiger charge is -2.23. The molecule has 14 heavy (non-hydrogen) atoms. The summed E-state index contributed by atoms with van der Waals surface area (Å²) < 4.78 is 0. The number of carboxylic acids is 1. The zero-order chi connectivity index (χ0) is 10.1. The minimum absolute atomic E-state index is 0.0411. The molecule has 4 heteroatoms. The van der Waals surface area contributed by atoms with Crippen molar-refractivity contribution in [2.24, 2.45) is 5.92 Å². The number of carbonyl (C=O) groups is 2. The van der Waals surface area contributed by atoms with Crippen molar-refractivity contribution in [1.29, 1.82) is 0 Å². The molecule has 1 atom stereocenters. The van der Waals surface area contributed by atoms with E-state index >= 15 is 0 Å². The summed E-state index contributed by atoms with van der Waals surface area (Å²) in [5.74, 6) is -0.399. The maximum absolute atomic E-state index is 11.7. The highest BCUT2D eigenvalue weighted by Crippen LogP contribution is 2.34. The summed E-state index contributed by atoms with van der Waals surface area (Å²) >= 11 is 0. The molecular weight excluding hydrogens is 182 g/mol. The van der Waals surface area contributed by atoms with Crippen LogP contribution in [0.3, 0.4) is 0 Å². The lowest BCUT2D eigenvalue weighted by atomic mass is 10.1. The molecule has 1 amide bonds. The molecule has 0 aromatic heterocycles. The summed E-state index contributed by atoms with van der Waals surface area (Å²) in [4.78, 5) is 24.1. The molecule has 0 radical (unpaired) electrons. The Labute approximate surface area is 82.9 Å². The maximum Gasteiger partial charge on any atom is 0.305 e. The van der Waals surface area contributed by atoms with E-state index in [0.29, 0.717) is 0 Å². The van der Waals surface area contributed by atoms with Crippen molar-refractivity contribution in [2.45, 2.75) is 38.1 Å². The lowest BCUT2D eigenvalue weighted by molar-refractivity contribution is -0.140. The molecule has 2 rings (SSSR count). The zero-order valence-corrected chi connectivity index (χ0v) is 8.11. The van der Waals surface area contributed by atoms with Crippen LogP contribution in [-0.4, -0.2) is 34.5 Å². The van der Waals surface area contributed by atoms with Gasteiger partial charge in [0.25, 0.3) is 0 Å². The fourth-order valence-corrected chi connectivity index (χ4v) is 2.10. The van der Waals surface area contributed by atoms with Crippen LogP contribution in [0.5, 0.6) is 0 Å². The van der Waals surface area contributed by atoms with E-state index in [9.17, 15) is 9.59 Å². The second kappa shape index (κ2) is 3.59. The first-order valence-corrected chi connectivity index (χ1v) is 5.21. The van der Waals surface area contributed by atoms with Gasteiger partial charge in [0.05, 0.1) is 6.42 Å². The highest BCUT2D eigenvalue weighted by atomic mass is 16.4. The minimum Gasteiger partial charge on any atom is -0.481 e. The normalized spacial score (nSPS) is 26.6. The van der Waals surface area contributed by atoms with Gasteiger partial charge in [0.2, 0.25) is 5.91 Å². The Morgan fingerprint density at radius 1 is 1.29 bits per heavy atom. The molecule has 0 aromatic carbocycles. The Bertz CT molecular complexity index is 260. The van der Waals surface area contributed by atoms with Gasteiger partial charge >= 0.3 is 5.97 Å². The highest BCUT2D eigenvalue weighted by molar-refractivity contribution is 5.82. The van der Waals surface area contributed by atoms with E-state index in [0.717, 1.165) is 32.2 Å². The third kappa shape index (κ3) is 1.89. The standard InChI is InChI=1S/C10H15NO3/c12-9(13)6-8-2-1-5-11(8)10(14)7-3-4-7/h7-8H,1-6H2,(H,12,13). The van der Waals surface area contributed by atoms with Crippen LogP contribution in [-0.2, 0) is 9.59 Å². The van der Waals surface area contributed by atoms with Crippen molar-refractivity contribution in [3.05, 3.63) is 0 Å². The number of hydrogen-bond donors (Lipinski definition) is 1. The van der Waals surface area contributed by atoms with Crippen LogP contribution in [0.2, 0.25) is 0 Å². The highest BCUT2D eigenvalue weighted by Gasteiger charge is 2.38. The summed E-state index contributed by atoms with van der Waals surface area (Å²) in [5, 5.41) is 8.69. The molecule has 0 bridgehead atoms. The molecule has 1 saturated heterocycles. The Morgan fingerprint density at radius 3 is 2.57 bits per heavy atom. The molecule has 1 aliphatic heterocycles. The predicted octanol–water partition coefficient (Wildman–Crippen LogP) is 0.862. The second-order valence-electron chi connectivity index (χ2n) is 4.20. The first-order chi connectivity index (χ1) is 6.68. The van der Waals surface area contributed by atoms with E-state index in [1.54, 1.807) is 4.90 Å². The quantitative estimate of drug-likeness (QED) is 0.730. The van der Waals surface area contributed by atoms with Crippen LogP contribution in [0.25, 0.3) is 0 Å². The predicted molar refractivity (Wildman–Crippen MR) is 49.7 cm³/mol. The summed E-state index contributed by atoms with van der Waals surface area (Å²) in [6.07, 6.45) is 3.91. The number of amides is 1. The molecular formula is C10H15NO3. The van der Waals surface area contributed by atoms with Gasteiger partial charge in [-0.2, -0.15) is 0 Å². The third-order valence-electron chi connectivity index (χ3n) is 3.00. The molecule has 1 saturated carbocycles. The molecule has 4 nitrogen and oxygen atoms in total. The Morgan fingerprint density at radius 2 is 2.00 bits per heavy atom. The number of nitrogens with zero attached hydrogens (tertiary/aromatic N) is 1. The van der Waals surface area contributed by atoms with Gasteiger partial charge in [-0.15, -0.1) is 0 Å². The van der Waals surface area contributed by atoms with Gasteiger partial charge < -0.3 is 10.0 Å². The smallest absolute Gasteiger partial charge is 0.305 e. The van der Waals surface area contributed by atoms with Crippen LogP contribution >= 0.6 is 0 Å². The van der Waals surface area contributed by atoms with Gasteiger partial charge in [-0.1, -0.05) is 0 Å². The molecule has 1 heterocycles.